The van der Waals surface area contributed by atoms with Gasteiger partial charge in [0.25, 0.3) is 0 Å². The molecule has 0 saturated heterocycles. The Morgan fingerprint density at radius 3 is 2.95 bits per heavy atom. The standard InChI is InChI=1S/C16H16N2O2/c1-11(15-7-4-8-20-15)18-16(19)9-12-10-17-14-6-3-2-5-13(12)14/h2-8,10-11,17H,9H2,1H3,(H,18,19). The fourth-order valence-electron chi connectivity index (χ4n) is 2.35. The van der Waals surface area contributed by atoms with Gasteiger partial charge in [-0.2, -0.15) is 0 Å². The summed E-state index contributed by atoms with van der Waals surface area (Å²) in [6.45, 7) is 1.91. The molecule has 0 fully saturated rings. The zero-order chi connectivity index (χ0) is 13.9. The van der Waals surface area contributed by atoms with Gasteiger partial charge in [0.15, 0.2) is 0 Å². The van der Waals surface area contributed by atoms with Crippen molar-refractivity contribution in [2.45, 2.75) is 19.4 Å². The molecule has 20 heavy (non-hydrogen) atoms. The first-order valence-corrected chi connectivity index (χ1v) is 6.62. The number of hydrogen-bond acceptors (Lipinski definition) is 2. The minimum atomic E-state index is -0.122. The highest BCUT2D eigenvalue weighted by Crippen LogP contribution is 2.18. The van der Waals surface area contributed by atoms with Gasteiger partial charge in [-0.1, -0.05) is 18.2 Å². The van der Waals surface area contributed by atoms with E-state index in [0.29, 0.717) is 6.42 Å². The molecule has 3 rings (SSSR count). The number of carbonyl (C=O) groups is 1. The Bertz CT molecular complexity index is 713. The minimum absolute atomic E-state index is 0.0151. The molecule has 0 aliphatic carbocycles. The molecule has 1 aromatic carbocycles. The van der Waals surface area contributed by atoms with Crippen molar-refractivity contribution in [3.05, 3.63) is 60.2 Å². The molecule has 1 unspecified atom stereocenters. The van der Waals surface area contributed by atoms with Gasteiger partial charge in [-0.3, -0.25) is 4.79 Å². The SMILES string of the molecule is CC(NC(=O)Cc1c[nH]c2ccccc12)c1ccco1. The highest BCUT2D eigenvalue weighted by atomic mass is 16.3. The third-order valence-corrected chi connectivity index (χ3v) is 3.37. The van der Waals surface area contributed by atoms with Crippen LogP contribution in [-0.2, 0) is 11.2 Å². The summed E-state index contributed by atoms with van der Waals surface area (Å²) in [6, 6.07) is 11.5. The Balaban J connectivity index is 1.70. The van der Waals surface area contributed by atoms with Crippen LogP contribution in [0, 0.1) is 0 Å². The van der Waals surface area contributed by atoms with Gasteiger partial charge in [-0.25, -0.2) is 0 Å². The van der Waals surface area contributed by atoms with Gasteiger partial charge in [0.05, 0.1) is 18.7 Å². The van der Waals surface area contributed by atoms with Gasteiger partial charge >= 0.3 is 0 Å². The van der Waals surface area contributed by atoms with E-state index in [1.807, 2.05) is 49.5 Å². The molecule has 1 amide bonds. The summed E-state index contributed by atoms with van der Waals surface area (Å²) in [4.78, 5) is 15.3. The van der Waals surface area contributed by atoms with E-state index in [-0.39, 0.29) is 11.9 Å². The topological polar surface area (TPSA) is 58.0 Å². The van der Waals surface area contributed by atoms with Crippen LogP contribution in [0.1, 0.15) is 24.3 Å². The van der Waals surface area contributed by atoms with Crippen LogP contribution in [0.4, 0.5) is 0 Å². The molecule has 0 aliphatic heterocycles. The molecule has 102 valence electrons. The maximum atomic E-state index is 12.1. The second-order valence-corrected chi connectivity index (χ2v) is 4.84. The Morgan fingerprint density at radius 1 is 1.30 bits per heavy atom. The molecule has 2 N–H and O–H groups in total. The van der Waals surface area contributed by atoms with Gasteiger partial charge in [-0.05, 0) is 30.7 Å². The fourth-order valence-corrected chi connectivity index (χ4v) is 2.35. The van der Waals surface area contributed by atoms with Crippen LogP contribution in [0.5, 0.6) is 0 Å². The van der Waals surface area contributed by atoms with E-state index in [4.69, 9.17) is 4.42 Å². The number of para-hydroxylation sites is 1. The molecule has 4 nitrogen and oxygen atoms in total. The van der Waals surface area contributed by atoms with E-state index < -0.39 is 0 Å². The predicted octanol–water partition coefficient (Wildman–Crippen LogP) is 3.18. The maximum absolute atomic E-state index is 12.1. The van der Waals surface area contributed by atoms with Gasteiger partial charge in [0.1, 0.15) is 5.76 Å². The lowest BCUT2D eigenvalue weighted by Gasteiger charge is -2.11. The second kappa shape index (κ2) is 5.25. The normalized spacial score (nSPS) is 12.4. The zero-order valence-corrected chi connectivity index (χ0v) is 11.2. The van der Waals surface area contributed by atoms with Crippen LogP contribution >= 0.6 is 0 Å². The number of nitrogens with one attached hydrogen (secondary N) is 2. The first-order valence-electron chi connectivity index (χ1n) is 6.62. The third kappa shape index (κ3) is 2.45. The van der Waals surface area contributed by atoms with Gasteiger partial charge in [0, 0.05) is 17.1 Å². The number of rotatable bonds is 4. The largest absolute Gasteiger partial charge is 0.467 e. The smallest absolute Gasteiger partial charge is 0.225 e. The monoisotopic (exact) mass is 268 g/mol. The molecule has 4 heteroatoms. The number of amides is 1. The van der Waals surface area contributed by atoms with Gasteiger partial charge in [-0.15, -0.1) is 0 Å². The third-order valence-electron chi connectivity index (χ3n) is 3.37. The summed E-state index contributed by atoms with van der Waals surface area (Å²) >= 11 is 0. The number of fused-ring (bicyclic) bond motifs is 1. The Hall–Kier alpha value is -2.49. The molecule has 2 aromatic heterocycles. The molecular formula is C16H16N2O2. The van der Waals surface area contributed by atoms with Crippen molar-refractivity contribution in [2.24, 2.45) is 0 Å². The molecule has 2 heterocycles. The lowest BCUT2D eigenvalue weighted by molar-refractivity contribution is -0.121. The molecule has 1 atom stereocenters. The highest BCUT2D eigenvalue weighted by Gasteiger charge is 2.13. The van der Waals surface area contributed by atoms with E-state index in [0.717, 1.165) is 22.2 Å². The zero-order valence-electron chi connectivity index (χ0n) is 11.2. The molecule has 3 aromatic rings. The van der Waals surface area contributed by atoms with Crippen molar-refractivity contribution >= 4 is 16.8 Å². The average Bonchev–Trinajstić information content (AvgIpc) is 3.09. The van der Waals surface area contributed by atoms with Crippen LogP contribution < -0.4 is 5.32 Å². The summed E-state index contributed by atoms with van der Waals surface area (Å²) in [7, 11) is 0. The summed E-state index contributed by atoms with van der Waals surface area (Å²) in [5.41, 5.74) is 2.05. The van der Waals surface area contributed by atoms with E-state index >= 15 is 0 Å². The van der Waals surface area contributed by atoms with Crippen molar-refractivity contribution < 1.29 is 9.21 Å². The number of hydrogen-bond donors (Lipinski definition) is 2. The predicted molar refractivity (Wildman–Crippen MR) is 77.3 cm³/mol. The summed E-state index contributed by atoms with van der Waals surface area (Å²) < 4.78 is 5.28. The van der Waals surface area contributed by atoms with Crippen LogP contribution in [-0.4, -0.2) is 10.9 Å². The summed E-state index contributed by atoms with van der Waals surface area (Å²) in [6.07, 6.45) is 3.86. The first kappa shape index (κ1) is 12.5. The number of carbonyl (C=O) groups excluding carboxylic acids is 1. The summed E-state index contributed by atoms with van der Waals surface area (Å²) in [5, 5.41) is 4.03. The fraction of sp³-hybridized carbons (Fsp3) is 0.188. The quantitative estimate of drug-likeness (QED) is 0.763. The summed E-state index contributed by atoms with van der Waals surface area (Å²) in [5.74, 6) is 0.746. The minimum Gasteiger partial charge on any atom is -0.467 e. The van der Waals surface area contributed by atoms with Gasteiger partial charge < -0.3 is 14.7 Å². The van der Waals surface area contributed by atoms with E-state index in [1.54, 1.807) is 6.26 Å². The highest BCUT2D eigenvalue weighted by molar-refractivity contribution is 5.88. The number of aromatic amines is 1. The first-order chi connectivity index (χ1) is 9.74. The average molecular weight is 268 g/mol. The second-order valence-electron chi connectivity index (χ2n) is 4.84. The van der Waals surface area contributed by atoms with Crippen LogP contribution in [0.25, 0.3) is 10.9 Å². The van der Waals surface area contributed by atoms with Crippen molar-refractivity contribution in [1.82, 2.24) is 10.3 Å². The number of aromatic nitrogens is 1. The number of H-pyrrole nitrogens is 1. The number of furan rings is 1. The van der Waals surface area contributed by atoms with Crippen LogP contribution in [0.2, 0.25) is 0 Å². The lowest BCUT2D eigenvalue weighted by atomic mass is 10.1. The molecule has 0 radical (unpaired) electrons. The van der Waals surface area contributed by atoms with Gasteiger partial charge in [0.2, 0.25) is 5.91 Å². The Morgan fingerprint density at radius 2 is 2.15 bits per heavy atom. The number of benzene rings is 1. The molecular weight excluding hydrogens is 252 g/mol. The maximum Gasteiger partial charge on any atom is 0.225 e. The van der Waals surface area contributed by atoms with Crippen molar-refractivity contribution in [2.75, 3.05) is 0 Å². The Kier molecular flexibility index (Phi) is 3.29. The molecule has 0 aliphatic rings. The van der Waals surface area contributed by atoms with E-state index in [9.17, 15) is 4.79 Å². The lowest BCUT2D eigenvalue weighted by Crippen LogP contribution is -2.27. The van der Waals surface area contributed by atoms with Crippen LogP contribution in [0.15, 0.2) is 53.3 Å². The molecule has 0 saturated carbocycles. The Labute approximate surface area is 116 Å². The van der Waals surface area contributed by atoms with E-state index in [2.05, 4.69) is 10.3 Å². The molecule has 0 spiro atoms. The van der Waals surface area contributed by atoms with Crippen molar-refractivity contribution in [1.29, 1.82) is 0 Å². The van der Waals surface area contributed by atoms with Crippen molar-refractivity contribution in [3.63, 3.8) is 0 Å². The van der Waals surface area contributed by atoms with Crippen LogP contribution in [0.3, 0.4) is 0 Å². The van der Waals surface area contributed by atoms with E-state index in [1.165, 1.54) is 0 Å². The van der Waals surface area contributed by atoms with Crippen molar-refractivity contribution in [3.8, 4) is 0 Å². The molecule has 0 bridgehead atoms.